The smallest absolute Gasteiger partial charge is 0.241 e. The highest BCUT2D eigenvalue weighted by molar-refractivity contribution is 5.94. The number of rotatable bonds is 5. The van der Waals surface area contributed by atoms with Crippen LogP contribution in [-0.2, 0) is 11.3 Å². The zero-order valence-corrected chi connectivity index (χ0v) is 12.6. The van der Waals surface area contributed by atoms with E-state index in [1.54, 1.807) is 6.20 Å². The van der Waals surface area contributed by atoms with Gasteiger partial charge in [-0.1, -0.05) is 6.42 Å². The molecule has 2 aliphatic rings. The average Bonchev–Trinajstić information content (AvgIpc) is 3.18. The van der Waals surface area contributed by atoms with Gasteiger partial charge < -0.3 is 15.5 Å². The number of nitrogens with zero attached hydrogens (tertiary/aromatic N) is 3. The molecule has 3 rings (SSSR count). The molecule has 0 spiro atoms. The van der Waals surface area contributed by atoms with Gasteiger partial charge in [-0.3, -0.25) is 9.48 Å². The zero-order valence-electron chi connectivity index (χ0n) is 12.6. The lowest BCUT2D eigenvalue weighted by molar-refractivity contribution is -0.117. The molecule has 0 aromatic carbocycles. The van der Waals surface area contributed by atoms with Gasteiger partial charge in [0.1, 0.15) is 0 Å². The van der Waals surface area contributed by atoms with Crippen molar-refractivity contribution in [3.05, 3.63) is 12.4 Å². The number of carbonyl (C=O) groups excluding carboxylic acids is 1. The molecule has 21 heavy (non-hydrogen) atoms. The Morgan fingerprint density at radius 2 is 2.14 bits per heavy atom. The van der Waals surface area contributed by atoms with Crippen LogP contribution in [0.25, 0.3) is 0 Å². The summed E-state index contributed by atoms with van der Waals surface area (Å²) in [4.78, 5) is 14.5. The highest BCUT2D eigenvalue weighted by atomic mass is 16.2. The van der Waals surface area contributed by atoms with Crippen LogP contribution in [0.3, 0.4) is 0 Å². The van der Waals surface area contributed by atoms with E-state index >= 15 is 0 Å². The Labute approximate surface area is 125 Å². The molecular formula is C15H25N5O. The molecule has 0 bridgehead atoms. The molecule has 0 aliphatic carbocycles. The monoisotopic (exact) mass is 291 g/mol. The summed E-state index contributed by atoms with van der Waals surface area (Å²) in [6, 6.07) is -0.0401. The Morgan fingerprint density at radius 3 is 2.90 bits per heavy atom. The Hall–Kier alpha value is -1.40. The number of piperidine rings is 1. The van der Waals surface area contributed by atoms with E-state index < -0.39 is 0 Å². The number of hydrogen-bond acceptors (Lipinski definition) is 4. The predicted octanol–water partition coefficient (Wildman–Crippen LogP) is 1.06. The second-order valence-electron chi connectivity index (χ2n) is 6.03. The van der Waals surface area contributed by atoms with Crippen molar-refractivity contribution in [1.29, 1.82) is 0 Å². The van der Waals surface area contributed by atoms with Gasteiger partial charge in [0, 0.05) is 12.7 Å². The maximum absolute atomic E-state index is 12.0. The fourth-order valence-corrected chi connectivity index (χ4v) is 3.12. The third-order valence-electron chi connectivity index (χ3n) is 4.37. The average molecular weight is 291 g/mol. The number of aromatic nitrogens is 2. The van der Waals surface area contributed by atoms with Gasteiger partial charge in [-0.05, 0) is 45.3 Å². The molecular weight excluding hydrogens is 266 g/mol. The number of nitrogens with one attached hydrogen (secondary N) is 2. The van der Waals surface area contributed by atoms with Gasteiger partial charge in [0.05, 0.1) is 24.5 Å². The van der Waals surface area contributed by atoms with Gasteiger partial charge in [0.25, 0.3) is 0 Å². The summed E-state index contributed by atoms with van der Waals surface area (Å²) in [6.07, 6.45) is 9.66. The molecule has 116 valence electrons. The Morgan fingerprint density at radius 1 is 1.29 bits per heavy atom. The summed E-state index contributed by atoms with van der Waals surface area (Å²) in [5.41, 5.74) is 0.798. The molecule has 2 aliphatic heterocycles. The maximum atomic E-state index is 12.0. The van der Waals surface area contributed by atoms with Crippen molar-refractivity contribution in [2.45, 2.75) is 44.7 Å². The number of likely N-dealkylation sites (tertiary alicyclic amines) is 1. The molecule has 1 aromatic rings. The number of hydrogen-bond donors (Lipinski definition) is 2. The number of anilines is 1. The minimum atomic E-state index is -0.0401. The fourth-order valence-electron chi connectivity index (χ4n) is 3.12. The normalized spacial score (nSPS) is 23.3. The Balaban J connectivity index is 1.45. The summed E-state index contributed by atoms with van der Waals surface area (Å²) in [7, 11) is 0. The lowest BCUT2D eigenvalue weighted by atomic mass is 10.1. The third-order valence-corrected chi connectivity index (χ3v) is 4.37. The van der Waals surface area contributed by atoms with Crippen molar-refractivity contribution in [3.8, 4) is 0 Å². The van der Waals surface area contributed by atoms with E-state index in [2.05, 4.69) is 20.6 Å². The SMILES string of the molecule is O=C(Nc1cnn(CCN2CCCCC2)c1)[C@H]1CCCN1. The Bertz CT molecular complexity index is 460. The van der Waals surface area contributed by atoms with Crippen molar-refractivity contribution in [2.75, 3.05) is 31.5 Å². The Kier molecular flexibility index (Phi) is 4.87. The summed E-state index contributed by atoms with van der Waals surface area (Å²) in [5.74, 6) is 0.0584. The molecule has 3 heterocycles. The molecule has 2 N–H and O–H groups in total. The maximum Gasteiger partial charge on any atom is 0.241 e. The highest BCUT2D eigenvalue weighted by Gasteiger charge is 2.22. The van der Waals surface area contributed by atoms with Gasteiger partial charge in [-0.2, -0.15) is 5.10 Å². The van der Waals surface area contributed by atoms with E-state index in [-0.39, 0.29) is 11.9 Å². The second-order valence-corrected chi connectivity index (χ2v) is 6.03. The predicted molar refractivity (Wildman–Crippen MR) is 82.2 cm³/mol. The second kappa shape index (κ2) is 7.04. The van der Waals surface area contributed by atoms with Gasteiger partial charge in [0.15, 0.2) is 0 Å². The van der Waals surface area contributed by atoms with Gasteiger partial charge in [-0.25, -0.2) is 0 Å². The van der Waals surface area contributed by atoms with Crippen molar-refractivity contribution in [3.63, 3.8) is 0 Å². The van der Waals surface area contributed by atoms with Gasteiger partial charge >= 0.3 is 0 Å². The van der Waals surface area contributed by atoms with E-state index in [0.29, 0.717) is 0 Å². The third kappa shape index (κ3) is 4.04. The van der Waals surface area contributed by atoms with E-state index in [4.69, 9.17) is 0 Å². The van der Waals surface area contributed by atoms with Crippen LogP contribution in [0.1, 0.15) is 32.1 Å². The number of carbonyl (C=O) groups is 1. The molecule has 6 nitrogen and oxygen atoms in total. The standard InChI is InChI=1S/C15H25N5O/c21-15(14-5-4-6-16-14)18-13-11-17-20(12-13)10-9-19-7-2-1-3-8-19/h11-12,14,16H,1-10H2,(H,18,21)/t14-/m1/s1. The molecule has 2 fully saturated rings. The first kappa shape index (κ1) is 14.5. The van der Waals surface area contributed by atoms with Crippen LogP contribution >= 0.6 is 0 Å². The molecule has 6 heteroatoms. The van der Waals surface area contributed by atoms with Crippen LogP contribution in [0.15, 0.2) is 12.4 Å². The fraction of sp³-hybridized carbons (Fsp3) is 0.733. The van der Waals surface area contributed by atoms with Gasteiger partial charge in [-0.15, -0.1) is 0 Å². The van der Waals surface area contributed by atoms with Crippen LogP contribution in [0.4, 0.5) is 5.69 Å². The topological polar surface area (TPSA) is 62.2 Å². The lowest BCUT2D eigenvalue weighted by Gasteiger charge is -2.26. The first-order valence-corrected chi connectivity index (χ1v) is 8.10. The summed E-state index contributed by atoms with van der Waals surface area (Å²) < 4.78 is 1.92. The van der Waals surface area contributed by atoms with E-state index in [1.165, 1.54) is 32.4 Å². The minimum absolute atomic E-state index is 0.0401. The molecule has 1 atom stereocenters. The van der Waals surface area contributed by atoms with Crippen LogP contribution in [0, 0.1) is 0 Å². The minimum Gasteiger partial charge on any atom is -0.322 e. The van der Waals surface area contributed by atoms with E-state index in [0.717, 1.165) is 38.2 Å². The molecule has 0 saturated carbocycles. The highest BCUT2D eigenvalue weighted by Crippen LogP contribution is 2.11. The van der Waals surface area contributed by atoms with Crippen LogP contribution in [0.5, 0.6) is 0 Å². The van der Waals surface area contributed by atoms with Crippen molar-refractivity contribution in [1.82, 2.24) is 20.0 Å². The van der Waals surface area contributed by atoms with Crippen molar-refractivity contribution >= 4 is 11.6 Å². The molecule has 1 amide bonds. The largest absolute Gasteiger partial charge is 0.322 e. The zero-order chi connectivity index (χ0) is 14.5. The molecule has 1 aromatic heterocycles. The van der Waals surface area contributed by atoms with Crippen molar-refractivity contribution in [2.24, 2.45) is 0 Å². The molecule has 0 radical (unpaired) electrons. The first-order chi connectivity index (χ1) is 10.3. The van der Waals surface area contributed by atoms with Crippen molar-refractivity contribution < 1.29 is 4.79 Å². The van der Waals surface area contributed by atoms with Crippen LogP contribution in [-0.4, -0.2) is 52.8 Å². The number of amides is 1. The van der Waals surface area contributed by atoms with Crippen LogP contribution in [0.2, 0.25) is 0 Å². The molecule has 2 saturated heterocycles. The first-order valence-electron chi connectivity index (χ1n) is 8.10. The van der Waals surface area contributed by atoms with Crippen LogP contribution < -0.4 is 10.6 Å². The summed E-state index contributed by atoms with van der Waals surface area (Å²) >= 11 is 0. The lowest BCUT2D eigenvalue weighted by Crippen LogP contribution is -2.35. The quantitative estimate of drug-likeness (QED) is 0.851. The molecule has 0 unspecified atom stereocenters. The summed E-state index contributed by atoms with van der Waals surface area (Å²) in [5, 5.41) is 10.5. The summed E-state index contributed by atoms with van der Waals surface area (Å²) in [6.45, 7) is 5.28. The van der Waals surface area contributed by atoms with E-state index in [9.17, 15) is 4.79 Å². The van der Waals surface area contributed by atoms with E-state index in [1.807, 2.05) is 10.9 Å². The van der Waals surface area contributed by atoms with Gasteiger partial charge in [0.2, 0.25) is 5.91 Å².